The highest BCUT2D eigenvalue weighted by molar-refractivity contribution is 5.87. The van der Waals surface area contributed by atoms with Crippen molar-refractivity contribution in [1.82, 2.24) is 10.2 Å². The number of methoxy groups -OCH3 is 3. The van der Waals surface area contributed by atoms with Gasteiger partial charge in [0.1, 0.15) is 5.69 Å². The number of aromatic amines is 1. The Morgan fingerprint density at radius 3 is 2.33 bits per heavy atom. The minimum atomic E-state index is -1.17. The number of aromatic nitrogens is 2. The third-order valence-corrected chi connectivity index (χ3v) is 2.85. The van der Waals surface area contributed by atoms with E-state index in [1.165, 1.54) is 33.5 Å². The largest absolute Gasteiger partial charge is 0.493 e. The Morgan fingerprint density at radius 1 is 1.19 bits per heavy atom. The van der Waals surface area contributed by atoms with Crippen LogP contribution in [0.5, 0.6) is 17.2 Å². The second kappa shape index (κ2) is 5.70. The van der Waals surface area contributed by atoms with Crippen LogP contribution < -0.4 is 14.2 Å². The van der Waals surface area contributed by atoms with E-state index in [-0.39, 0.29) is 34.2 Å². The molecule has 1 aromatic carbocycles. The van der Waals surface area contributed by atoms with Gasteiger partial charge in [0.15, 0.2) is 11.5 Å². The molecule has 0 fully saturated rings. The number of nitrogens with one attached hydrogen (secondary N) is 1. The molecule has 1 aromatic heterocycles. The van der Waals surface area contributed by atoms with Crippen molar-refractivity contribution in [2.24, 2.45) is 0 Å². The molecule has 8 heteroatoms. The van der Waals surface area contributed by atoms with E-state index in [0.717, 1.165) is 0 Å². The Hall–Kier alpha value is -2.77. The summed E-state index contributed by atoms with van der Waals surface area (Å²) in [6, 6.07) is 2.73. The molecule has 2 N–H and O–H groups in total. The van der Waals surface area contributed by atoms with Crippen molar-refractivity contribution < 1.29 is 28.5 Å². The summed E-state index contributed by atoms with van der Waals surface area (Å²) in [4.78, 5) is 10.9. The monoisotopic (exact) mass is 296 g/mol. The number of ether oxygens (including phenoxy) is 3. The molecule has 0 atom stereocenters. The quantitative estimate of drug-likeness (QED) is 0.875. The average Bonchev–Trinajstić information content (AvgIpc) is 2.96. The third kappa shape index (κ3) is 2.47. The first-order valence-corrected chi connectivity index (χ1v) is 5.81. The molecule has 0 aliphatic rings. The van der Waals surface area contributed by atoms with Gasteiger partial charge in [0.2, 0.25) is 11.6 Å². The van der Waals surface area contributed by atoms with Crippen molar-refractivity contribution in [1.29, 1.82) is 0 Å². The zero-order valence-electron chi connectivity index (χ0n) is 11.6. The molecule has 0 aliphatic carbocycles. The van der Waals surface area contributed by atoms with Gasteiger partial charge in [0, 0.05) is 0 Å². The maximum absolute atomic E-state index is 14.3. The van der Waals surface area contributed by atoms with Crippen molar-refractivity contribution in [3.8, 4) is 28.5 Å². The van der Waals surface area contributed by atoms with E-state index in [4.69, 9.17) is 19.3 Å². The van der Waals surface area contributed by atoms with Crippen molar-refractivity contribution in [2.45, 2.75) is 0 Å². The Labute approximate surface area is 119 Å². The molecular formula is C13H13FN2O5. The summed E-state index contributed by atoms with van der Waals surface area (Å²) >= 11 is 0. The van der Waals surface area contributed by atoms with Crippen LogP contribution in [0.4, 0.5) is 4.39 Å². The summed E-state index contributed by atoms with van der Waals surface area (Å²) in [6.45, 7) is 0. The van der Waals surface area contributed by atoms with Gasteiger partial charge in [-0.2, -0.15) is 9.49 Å². The summed E-state index contributed by atoms with van der Waals surface area (Å²) in [5, 5.41) is 15.1. The van der Waals surface area contributed by atoms with Gasteiger partial charge >= 0.3 is 5.97 Å². The van der Waals surface area contributed by atoms with Crippen LogP contribution in [0.2, 0.25) is 0 Å². The van der Waals surface area contributed by atoms with Gasteiger partial charge in [0.25, 0.3) is 0 Å². The van der Waals surface area contributed by atoms with Gasteiger partial charge in [0.05, 0.1) is 32.6 Å². The molecule has 21 heavy (non-hydrogen) atoms. The van der Waals surface area contributed by atoms with Crippen molar-refractivity contribution in [2.75, 3.05) is 21.3 Å². The maximum atomic E-state index is 14.3. The number of nitrogens with zero attached hydrogens (tertiary/aromatic N) is 1. The first-order chi connectivity index (χ1) is 10.0. The van der Waals surface area contributed by atoms with E-state index in [9.17, 15) is 9.18 Å². The highest BCUT2D eigenvalue weighted by Crippen LogP contribution is 2.42. The molecule has 1 heterocycles. The predicted octanol–water partition coefficient (Wildman–Crippen LogP) is 1.94. The molecule has 0 saturated carbocycles. The number of halogens is 1. The molecule has 2 rings (SSSR count). The first kappa shape index (κ1) is 14.6. The van der Waals surface area contributed by atoms with Gasteiger partial charge in [-0.25, -0.2) is 4.79 Å². The molecule has 112 valence electrons. The fourth-order valence-corrected chi connectivity index (χ4v) is 1.89. The molecule has 0 radical (unpaired) electrons. The fourth-order valence-electron chi connectivity index (χ4n) is 1.89. The molecule has 7 nitrogen and oxygen atoms in total. The fraction of sp³-hybridized carbons (Fsp3) is 0.231. The molecule has 0 aliphatic heterocycles. The highest BCUT2D eigenvalue weighted by atomic mass is 19.1. The van der Waals surface area contributed by atoms with Gasteiger partial charge in [-0.1, -0.05) is 0 Å². The van der Waals surface area contributed by atoms with E-state index >= 15 is 0 Å². The summed E-state index contributed by atoms with van der Waals surface area (Å²) in [6.07, 6.45) is 0. The lowest BCUT2D eigenvalue weighted by Crippen LogP contribution is -1.99. The van der Waals surface area contributed by atoms with E-state index in [2.05, 4.69) is 10.2 Å². The van der Waals surface area contributed by atoms with Crippen LogP contribution >= 0.6 is 0 Å². The smallest absolute Gasteiger partial charge is 0.353 e. The van der Waals surface area contributed by atoms with Crippen LogP contribution in [0.25, 0.3) is 11.3 Å². The number of aromatic carboxylic acids is 1. The SMILES string of the molecule is COc1cc(-c2cc(C(=O)O)[nH]n2)c(OC)c(F)c1OC. The maximum Gasteiger partial charge on any atom is 0.353 e. The highest BCUT2D eigenvalue weighted by Gasteiger charge is 2.23. The zero-order chi connectivity index (χ0) is 15.6. The van der Waals surface area contributed by atoms with E-state index in [0.29, 0.717) is 0 Å². The average molecular weight is 296 g/mol. The molecule has 0 unspecified atom stereocenters. The number of carboxylic acid groups (broad SMARTS) is 1. The van der Waals surface area contributed by atoms with Crippen molar-refractivity contribution in [3.63, 3.8) is 0 Å². The first-order valence-electron chi connectivity index (χ1n) is 5.81. The molecule has 0 spiro atoms. The summed E-state index contributed by atoms with van der Waals surface area (Å²) in [5.74, 6) is -2.00. The number of hydrogen-bond acceptors (Lipinski definition) is 5. The third-order valence-electron chi connectivity index (χ3n) is 2.85. The topological polar surface area (TPSA) is 93.7 Å². The number of hydrogen-bond donors (Lipinski definition) is 2. The summed E-state index contributed by atoms with van der Waals surface area (Å²) in [7, 11) is 3.95. The summed E-state index contributed by atoms with van der Waals surface area (Å²) in [5.41, 5.74) is 0.336. The van der Waals surface area contributed by atoms with Gasteiger partial charge in [-0.05, 0) is 12.1 Å². The van der Waals surface area contributed by atoms with Gasteiger partial charge < -0.3 is 19.3 Å². The molecule has 0 saturated heterocycles. The van der Waals surface area contributed by atoms with Crippen LogP contribution in [0, 0.1) is 5.82 Å². The number of benzene rings is 1. The molecule has 0 bridgehead atoms. The second-order valence-electron chi connectivity index (χ2n) is 3.98. The van der Waals surface area contributed by atoms with Crippen LogP contribution in [-0.4, -0.2) is 42.6 Å². The van der Waals surface area contributed by atoms with Crippen LogP contribution in [0.15, 0.2) is 12.1 Å². The summed E-state index contributed by atoms with van der Waals surface area (Å²) < 4.78 is 29.4. The zero-order valence-corrected chi connectivity index (χ0v) is 11.6. The van der Waals surface area contributed by atoms with Crippen LogP contribution in [0.3, 0.4) is 0 Å². The Kier molecular flexibility index (Phi) is 3.97. The number of carboxylic acids is 1. The van der Waals surface area contributed by atoms with Crippen molar-refractivity contribution in [3.05, 3.63) is 23.6 Å². The van der Waals surface area contributed by atoms with Gasteiger partial charge in [-0.15, -0.1) is 0 Å². The number of carbonyl (C=O) groups is 1. The van der Waals surface area contributed by atoms with E-state index < -0.39 is 11.8 Å². The minimum absolute atomic E-state index is 0.105. The van der Waals surface area contributed by atoms with E-state index in [1.54, 1.807) is 0 Å². The lowest BCUT2D eigenvalue weighted by Gasteiger charge is -2.14. The number of H-pyrrole nitrogens is 1. The normalized spacial score (nSPS) is 10.3. The minimum Gasteiger partial charge on any atom is -0.493 e. The lowest BCUT2D eigenvalue weighted by molar-refractivity contribution is 0.0690. The lowest BCUT2D eigenvalue weighted by atomic mass is 10.1. The molecular weight excluding hydrogens is 283 g/mol. The molecule has 0 amide bonds. The standard InChI is InChI=1S/C13H13FN2O5/c1-19-9-4-6(7-5-8(13(17)18)16-15-7)11(20-2)10(14)12(9)21-3/h4-5H,1-3H3,(H,15,16)(H,17,18). The predicted molar refractivity (Wildman–Crippen MR) is 70.6 cm³/mol. The molecule has 2 aromatic rings. The van der Waals surface area contributed by atoms with Crippen LogP contribution in [-0.2, 0) is 0 Å². The van der Waals surface area contributed by atoms with E-state index in [1.807, 2.05) is 0 Å². The Bertz CT molecular complexity index is 683. The van der Waals surface area contributed by atoms with Gasteiger partial charge in [-0.3, -0.25) is 5.10 Å². The van der Waals surface area contributed by atoms with Crippen molar-refractivity contribution >= 4 is 5.97 Å². The Balaban J connectivity index is 2.66. The Morgan fingerprint density at radius 2 is 1.86 bits per heavy atom. The number of rotatable bonds is 5. The second-order valence-corrected chi connectivity index (χ2v) is 3.98. The van der Waals surface area contributed by atoms with Crippen LogP contribution in [0.1, 0.15) is 10.5 Å².